The Morgan fingerprint density at radius 3 is 2.53 bits per heavy atom. The van der Waals surface area contributed by atoms with E-state index in [-0.39, 0.29) is 6.79 Å². The Morgan fingerprint density at radius 2 is 1.94 bits per heavy atom. The standard InChI is InChI=1S/C13H14O4/c1-7-5-9(13(3-4-13)12(14)15)11-10(8(7)2)16-6-17-11/h5H,3-4,6H2,1-2H3,(H,14,15). The van der Waals surface area contributed by atoms with Crippen molar-refractivity contribution in [3.63, 3.8) is 0 Å². The molecule has 0 atom stereocenters. The molecule has 1 aliphatic carbocycles. The number of carboxylic acids is 1. The Morgan fingerprint density at radius 1 is 1.29 bits per heavy atom. The molecule has 0 spiro atoms. The monoisotopic (exact) mass is 234 g/mol. The van der Waals surface area contributed by atoms with Crippen molar-refractivity contribution in [2.45, 2.75) is 32.1 Å². The Labute approximate surface area is 99.2 Å². The second-order valence-electron chi connectivity index (χ2n) is 4.82. The van der Waals surface area contributed by atoms with E-state index in [1.165, 1.54) is 0 Å². The zero-order valence-corrected chi connectivity index (χ0v) is 9.87. The molecule has 1 aromatic carbocycles. The van der Waals surface area contributed by atoms with E-state index >= 15 is 0 Å². The minimum Gasteiger partial charge on any atom is -0.481 e. The Kier molecular flexibility index (Phi) is 1.94. The average molecular weight is 234 g/mol. The third kappa shape index (κ3) is 1.27. The highest BCUT2D eigenvalue weighted by molar-refractivity contribution is 5.87. The maximum Gasteiger partial charge on any atom is 0.314 e. The quantitative estimate of drug-likeness (QED) is 0.851. The molecule has 0 unspecified atom stereocenters. The van der Waals surface area contributed by atoms with Gasteiger partial charge in [0.1, 0.15) is 0 Å². The molecule has 90 valence electrons. The van der Waals surface area contributed by atoms with Crippen molar-refractivity contribution in [1.29, 1.82) is 0 Å². The van der Waals surface area contributed by atoms with Gasteiger partial charge in [0.05, 0.1) is 5.41 Å². The fourth-order valence-electron chi connectivity index (χ4n) is 2.41. The summed E-state index contributed by atoms with van der Waals surface area (Å²) >= 11 is 0. The predicted molar refractivity (Wildman–Crippen MR) is 60.6 cm³/mol. The van der Waals surface area contributed by atoms with Gasteiger partial charge in [-0.1, -0.05) is 6.07 Å². The minimum atomic E-state index is -0.765. The number of hydrogen-bond acceptors (Lipinski definition) is 3. The van der Waals surface area contributed by atoms with Crippen molar-refractivity contribution in [2.24, 2.45) is 0 Å². The molecule has 1 fully saturated rings. The molecule has 4 nitrogen and oxygen atoms in total. The van der Waals surface area contributed by atoms with Crippen molar-refractivity contribution >= 4 is 5.97 Å². The van der Waals surface area contributed by atoms with Crippen molar-refractivity contribution in [3.8, 4) is 11.5 Å². The molecule has 0 saturated heterocycles. The van der Waals surface area contributed by atoms with E-state index in [4.69, 9.17) is 9.47 Å². The van der Waals surface area contributed by atoms with Crippen LogP contribution in [0.2, 0.25) is 0 Å². The van der Waals surface area contributed by atoms with E-state index < -0.39 is 11.4 Å². The van der Waals surface area contributed by atoms with Gasteiger partial charge < -0.3 is 14.6 Å². The number of carboxylic acid groups (broad SMARTS) is 1. The van der Waals surface area contributed by atoms with Crippen LogP contribution in [0.1, 0.15) is 29.5 Å². The first-order valence-corrected chi connectivity index (χ1v) is 5.70. The van der Waals surface area contributed by atoms with Crippen LogP contribution in [0.3, 0.4) is 0 Å². The van der Waals surface area contributed by atoms with Crippen molar-refractivity contribution in [1.82, 2.24) is 0 Å². The molecular weight excluding hydrogens is 220 g/mol. The van der Waals surface area contributed by atoms with Gasteiger partial charge in [-0.25, -0.2) is 0 Å². The van der Waals surface area contributed by atoms with E-state index in [0.29, 0.717) is 24.3 Å². The lowest BCUT2D eigenvalue weighted by Gasteiger charge is -2.15. The van der Waals surface area contributed by atoms with Crippen LogP contribution < -0.4 is 9.47 Å². The average Bonchev–Trinajstić information content (AvgIpc) is 2.95. The maximum atomic E-state index is 11.4. The number of benzene rings is 1. The van der Waals surface area contributed by atoms with E-state index in [1.807, 2.05) is 19.9 Å². The van der Waals surface area contributed by atoms with Crippen LogP contribution in [-0.4, -0.2) is 17.9 Å². The number of hydrogen-bond donors (Lipinski definition) is 1. The predicted octanol–water partition coefficient (Wildman–Crippen LogP) is 2.15. The highest BCUT2D eigenvalue weighted by atomic mass is 16.7. The Hall–Kier alpha value is -1.71. The largest absolute Gasteiger partial charge is 0.481 e. The second kappa shape index (κ2) is 3.15. The van der Waals surface area contributed by atoms with E-state index in [2.05, 4.69) is 0 Å². The van der Waals surface area contributed by atoms with Gasteiger partial charge in [0, 0.05) is 5.56 Å². The smallest absolute Gasteiger partial charge is 0.314 e. The number of aryl methyl sites for hydroxylation is 1. The second-order valence-corrected chi connectivity index (χ2v) is 4.82. The molecule has 4 heteroatoms. The van der Waals surface area contributed by atoms with Crippen LogP contribution in [0, 0.1) is 13.8 Å². The molecule has 17 heavy (non-hydrogen) atoms. The summed E-state index contributed by atoms with van der Waals surface area (Å²) in [6.45, 7) is 4.12. The van der Waals surface area contributed by atoms with Crippen LogP contribution in [-0.2, 0) is 10.2 Å². The molecule has 1 heterocycles. The molecule has 1 aliphatic heterocycles. The first-order valence-electron chi connectivity index (χ1n) is 5.70. The molecule has 3 rings (SSSR count). The van der Waals surface area contributed by atoms with Crippen LogP contribution in [0.25, 0.3) is 0 Å². The van der Waals surface area contributed by atoms with Crippen LogP contribution in [0.15, 0.2) is 6.07 Å². The van der Waals surface area contributed by atoms with Gasteiger partial charge in [-0.05, 0) is 37.8 Å². The summed E-state index contributed by atoms with van der Waals surface area (Å²) in [5.74, 6) is 0.582. The molecule has 0 bridgehead atoms. The highest BCUT2D eigenvalue weighted by Gasteiger charge is 2.54. The minimum absolute atomic E-state index is 0.183. The van der Waals surface area contributed by atoms with Gasteiger partial charge in [0.25, 0.3) is 0 Å². The molecule has 2 aliphatic rings. The van der Waals surface area contributed by atoms with E-state index in [0.717, 1.165) is 16.7 Å². The number of ether oxygens (including phenoxy) is 2. The Balaban J connectivity index is 2.22. The van der Waals surface area contributed by atoms with E-state index in [9.17, 15) is 9.90 Å². The number of carbonyl (C=O) groups is 1. The fraction of sp³-hybridized carbons (Fsp3) is 0.462. The van der Waals surface area contributed by atoms with Crippen molar-refractivity contribution in [2.75, 3.05) is 6.79 Å². The summed E-state index contributed by atoms with van der Waals surface area (Å²) in [4.78, 5) is 11.4. The third-order valence-corrected chi connectivity index (χ3v) is 3.83. The molecule has 1 aromatic rings. The van der Waals surface area contributed by atoms with Crippen molar-refractivity contribution in [3.05, 3.63) is 22.8 Å². The Bertz CT molecular complexity index is 515. The summed E-state index contributed by atoms with van der Waals surface area (Å²) in [6.07, 6.45) is 1.36. The topological polar surface area (TPSA) is 55.8 Å². The number of rotatable bonds is 2. The lowest BCUT2D eigenvalue weighted by Crippen LogP contribution is -2.20. The van der Waals surface area contributed by atoms with Gasteiger partial charge in [-0.15, -0.1) is 0 Å². The number of fused-ring (bicyclic) bond motifs is 1. The SMILES string of the molecule is Cc1cc(C2(C(=O)O)CC2)c2c(c1C)OCO2. The molecule has 0 radical (unpaired) electrons. The molecule has 0 amide bonds. The summed E-state index contributed by atoms with van der Waals surface area (Å²) in [5.41, 5.74) is 2.12. The summed E-state index contributed by atoms with van der Waals surface area (Å²) < 4.78 is 10.9. The first-order chi connectivity index (χ1) is 8.06. The molecule has 1 saturated carbocycles. The van der Waals surface area contributed by atoms with Crippen LogP contribution in [0.4, 0.5) is 0 Å². The summed E-state index contributed by atoms with van der Waals surface area (Å²) in [5, 5.41) is 9.35. The lowest BCUT2D eigenvalue weighted by molar-refractivity contribution is -0.140. The maximum absolute atomic E-state index is 11.4. The molecule has 1 N–H and O–H groups in total. The fourth-order valence-corrected chi connectivity index (χ4v) is 2.41. The van der Waals surface area contributed by atoms with E-state index in [1.54, 1.807) is 0 Å². The van der Waals surface area contributed by atoms with Crippen LogP contribution >= 0.6 is 0 Å². The summed E-state index contributed by atoms with van der Waals surface area (Å²) in [7, 11) is 0. The first kappa shape index (κ1) is 10.4. The zero-order chi connectivity index (χ0) is 12.2. The zero-order valence-electron chi connectivity index (χ0n) is 9.87. The van der Waals surface area contributed by atoms with Crippen LogP contribution in [0.5, 0.6) is 11.5 Å². The van der Waals surface area contributed by atoms with Gasteiger partial charge >= 0.3 is 5.97 Å². The van der Waals surface area contributed by atoms with Gasteiger partial charge in [0.2, 0.25) is 6.79 Å². The highest BCUT2D eigenvalue weighted by Crippen LogP contribution is 2.55. The normalized spacial score (nSPS) is 19.2. The lowest BCUT2D eigenvalue weighted by atomic mass is 9.91. The van der Waals surface area contributed by atoms with Gasteiger partial charge in [0.15, 0.2) is 11.5 Å². The number of aliphatic carboxylic acids is 1. The molecular formula is C13H14O4. The van der Waals surface area contributed by atoms with Gasteiger partial charge in [-0.3, -0.25) is 4.79 Å². The van der Waals surface area contributed by atoms with Crippen molar-refractivity contribution < 1.29 is 19.4 Å². The van der Waals surface area contributed by atoms with Gasteiger partial charge in [-0.2, -0.15) is 0 Å². The third-order valence-electron chi connectivity index (χ3n) is 3.83. The summed E-state index contributed by atoms with van der Waals surface area (Å²) in [6, 6.07) is 1.93. The molecule has 0 aromatic heterocycles.